The maximum absolute atomic E-state index is 12.5. The van der Waals surface area contributed by atoms with E-state index in [0.29, 0.717) is 13.0 Å². The minimum Gasteiger partial charge on any atom is -0.455 e. The standard InChI is InChI=1S/C18H24BrNO5S/c1-13(2)10-20(16-7-8-26(23,24)12-16)17(21)11-25-18(22)9-14-3-5-15(19)6-4-14/h3-6,13,16H,7-12H2,1-2H3. The second kappa shape index (κ2) is 8.99. The van der Waals surface area contributed by atoms with E-state index in [4.69, 9.17) is 4.74 Å². The number of benzene rings is 1. The molecule has 1 aromatic rings. The third kappa shape index (κ3) is 6.39. The first-order valence-corrected chi connectivity index (χ1v) is 11.2. The number of sulfone groups is 1. The van der Waals surface area contributed by atoms with E-state index in [-0.39, 0.29) is 42.4 Å². The van der Waals surface area contributed by atoms with Gasteiger partial charge in [0.25, 0.3) is 5.91 Å². The summed E-state index contributed by atoms with van der Waals surface area (Å²) in [5, 5.41) is 0. The number of esters is 1. The number of ether oxygens (including phenoxy) is 1. The fourth-order valence-corrected chi connectivity index (χ4v) is 4.91. The summed E-state index contributed by atoms with van der Waals surface area (Å²) < 4.78 is 29.5. The molecule has 8 heteroatoms. The molecule has 1 amide bonds. The molecule has 1 unspecified atom stereocenters. The zero-order valence-corrected chi connectivity index (χ0v) is 17.4. The molecule has 6 nitrogen and oxygen atoms in total. The molecular formula is C18H24BrNO5S. The molecule has 1 atom stereocenters. The van der Waals surface area contributed by atoms with Crippen molar-refractivity contribution in [1.82, 2.24) is 4.90 Å². The molecule has 1 fully saturated rings. The molecule has 1 aliphatic rings. The Bertz CT molecular complexity index is 745. The van der Waals surface area contributed by atoms with Crippen LogP contribution < -0.4 is 0 Å². The van der Waals surface area contributed by atoms with E-state index in [9.17, 15) is 18.0 Å². The topological polar surface area (TPSA) is 80.8 Å². The number of carbonyl (C=O) groups is 2. The van der Waals surface area contributed by atoms with Gasteiger partial charge in [-0.2, -0.15) is 0 Å². The Morgan fingerprint density at radius 2 is 1.92 bits per heavy atom. The molecule has 26 heavy (non-hydrogen) atoms. The van der Waals surface area contributed by atoms with Crippen molar-refractivity contribution in [3.05, 3.63) is 34.3 Å². The van der Waals surface area contributed by atoms with Crippen molar-refractivity contribution >= 4 is 37.6 Å². The second-order valence-electron chi connectivity index (χ2n) is 6.96. The van der Waals surface area contributed by atoms with Crippen LogP contribution in [-0.2, 0) is 30.6 Å². The van der Waals surface area contributed by atoms with Gasteiger partial charge in [-0.25, -0.2) is 8.42 Å². The predicted molar refractivity (Wildman–Crippen MR) is 102 cm³/mol. The largest absolute Gasteiger partial charge is 0.455 e. The lowest BCUT2D eigenvalue weighted by molar-refractivity contribution is -0.152. The van der Waals surface area contributed by atoms with Gasteiger partial charge in [0.2, 0.25) is 0 Å². The molecule has 0 radical (unpaired) electrons. The molecule has 2 rings (SSSR count). The SMILES string of the molecule is CC(C)CN(C(=O)COC(=O)Cc1ccc(Br)cc1)C1CCS(=O)(=O)C1. The smallest absolute Gasteiger partial charge is 0.310 e. The molecular weight excluding hydrogens is 422 g/mol. The van der Waals surface area contributed by atoms with Crippen LogP contribution in [-0.4, -0.2) is 55.9 Å². The van der Waals surface area contributed by atoms with E-state index in [0.717, 1.165) is 10.0 Å². The monoisotopic (exact) mass is 445 g/mol. The van der Waals surface area contributed by atoms with Crippen LogP contribution in [0.25, 0.3) is 0 Å². The molecule has 1 heterocycles. The highest BCUT2D eigenvalue weighted by molar-refractivity contribution is 9.10. The average molecular weight is 446 g/mol. The van der Waals surface area contributed by atoms with Gasteiger partial charge in [0, 0.05) is 17.1 Å². The number of halogens is 1. The molecule has 1 aliphatic heterocycles. The lowest BCUT2D eigenvalue weighted by atomic mass is 10.1. The van der Waals surface area contributed by atoms with Crippen molar-refractivity contribution in [2.24, 2.45) is 5.92 Å². The molecule has 0 saturated carbocycles. The van der Waals surface area contributed by atoms with E-state index in [2.05, 4.69) is 15.9 Å². The van der Waals surface area contributed by atoms with Crippen LogP contribution >= 0.6 is 15.9 Å². The van der Waals surface area contributed by atoms with Gasteiger partial charge in [-0.1, -0.05) is 41.9 Å². The second-order valence-corrected chi connectivity index (χ2v) is 10.1. The fourth-order valence-electron chi connectivity index (χ4n) is 2.91. The molecule has 0 aromatic heterocycles. The lowest BCUT2D eigenvalue weighted by Gasteiger charge is -2.29. The van der Waals surface area contributed by atoms with Crippen LogP contribution in [0, 0.1) is 5.92 Å². The molecule has 0 bridgehead atoms. The zero-order valence-electron chi connectivity index (χ0n) is 15.0. The van der Waals surface area contributed by atoms with Gasteiger partial charge in [-0.15, -0.1) is 0 Å². The summed E-state index contributed by atoms with van der Waals surface area (Å²) in [5.74, 6) is -0.545. The van der Waals surface area contributed by atoms with Gasteiger partial charge < -0.3 is 9.64 Å². The van der Waals surface area contributed by atoms with Gasteiger partial charge in [0.1, 0.15) is 0 Å². The Kier molecular flexibility index (Phi) is 7.23. The molecule has 0 spiro atoms. The minimum atomic E-state index is -3.09. The number of hydrogen-bond acceptors (Lipinski definition) is 5. The van der Waals surface area contributed by atoms with Gasteiger partial charge in [0.05, 0.1) is 17.9 Å². The van der Waals surface area contributed by atoms with Crippen molar-refractivity contribution in [2.75, 3.05) is 24.7 Å². The number of amides is 1. The number of nitrogens with zero attached hydrogens (tertiary/aromatic N) is 1. The fraction of sp³-hybridized carbons (Fsp3) is 0.556. The Morgan fingerprint density at radius 1 is 1.27 bits per heavy atom. The molecule has 0 N–H and O–H groups in total. The molecule has 1 aromatic carbocycles. The van der Waals surface area contributed by atoms with Crippen LogP contribution in [0.3, 0.4) is 0 Å². The first-order chi connectivity index (χ1) is 12.2. The molecule has 144 valence electrons. The zero-order chi connectivity index (χ0) is 19.3. The number of carbonyl (C=O) groups excluding carboxylic acids is 2. The summed E-state index contributed by atoms with van der Waals surface area (Å²) in [4.78, 5) is 26.1. The Morgan fingerprint density at radius 3 is 2.46 bits per heavy atom. The van der Waals surface area contributed by atoms with Crippen molar-refractivity contribution in [3.8, 4) is 0 Å². The first kappa shape index (κ1) is 20.9. The summed E-state index contributed by atoms with van der Waals surface area (Å²) in [5.41, 5.74) is 0.798. The van der Waals surface area contributed by atoms with Crippen molar-refractivity contribution in [1.29, 1.82) is 0 Å². The van der Waals surface area contributed by atoms with Gasteiger partial charge >= 0.3 is 5.97 Å². The van der Waals surface area contributed by atoms with E-state index in [1.807, 2.05) is 38.1 Å². The normalized spacial score (nSPS) is 18.7. The average Bonchev–Trinajstić information content (AvgIpc) is 2.92. The number of rotatable bonds is 7. The third-order valence-corrected chi connectivity index (χ3v) is 6.43. The number of hydrogen-bond donors (Lipinski definition) is 0. The summed E-state index contributed by atoms with van der Waals surface area (Å²) in [6.07, 6.45) is 0.524. The van der Waals surface area contributed by atoms with Crippen molar-refractivity contribution in [2.45, 2.75) is 32.7 Å². The summed E-state index contributed by atoms with van der Waals surface area (Å²) in [7, 11) is -3.09. The maximum atomic E-state index is 12.5. The Balaban J connectivity index is 1.91. The Labute approximate surface area is 162 Å². The third-order valence-electron chi connectivity index (χ3n) is 4.15. The molecule has 0 aliphatic carbocycles. The lowest BCUT2D eigenvalue weighted by Crippen LogP contribution is -2.45. The van der Waals surface area contributed by atoms with E-state index >= 15 is 0 Å². The van der Waals surface area contributed by atoms with Gasteiger partial charge in [0.15, 0.2) is 16.4 Å². The summed E-state index contributed by atoms with van der Waals surface area (Å²) in [6, 6.07) is 6.95. The first-order valence-electron chi connectivity index (χ1n) is 8.56. The quantitative estimate of drug-likeness (QED) is 0.600. The highest BCUT2D eigenvalue weighted by Gasteiger charge is 2.35. The van der Waals surface area contributed by atoms with Gasteiger partial charge in [-0.3, -0.25) is 9.59 Å². The predicted octanol–water partition coefficient (Wildman–Crippen LogP) is 2.21. The van der Waals surface area contributed by atoms with E-state index in [1.54, 1.807) is 4.90 Å². The van der Waals surface area contributed by atoms with Crippen molar-refractivity contribution < 1.29 is 22.7 Å². The minimum absolute atomic E-state index is 0.0156. The maximum Gasteiger partial charge on any atom is 0.310 e. The van der Waals surface area contributed by atoms with E-state index < -0.39 is 15.8 Å². The van der Waals surface area contributed by atoms with Crippen molar-refractivity contribution in [3.63, 3.8) is 0 Å². The summed E-state index contributed by atoms with van der Waals surface area (Å²) in [6.45, 7) is 4.01. The van der Waals surface area contributed by atoms with Crippen LogP contribution in [0.5, 0.6) is 0 Å². The molecule has 1 saturated heterocycles. The van der Waals surface area contributed by atoms with E-state index in [1.165, 1.54) is 0 Å². The Hall–Kier alpha value is -1.41. The van der Waals surface area contributed by atoms with Crippen LogP contribution in [0.15, 0.2) is 28.7 Å². The van der Waals surface area contributed by atoms with Crippen LogP contribution in [0.1, 0.15) is 25.8 Å². The summed E-state index contributed by atoms with van der Waals surface area (Å²) >= 11 is 3.33. The van der Waals surface area contributed by atoms with Gasteiger partial charge in [-0.05, 0) is 30.0 Å². The highest BCUT2D eigenvalue weighted by Crippen LogP contribution is 2.19. The van der Waals surface area contributed by atoms with Crippen LogP contribution in [0.2, 0.25) is 0 Å². The van der Waals surface area contributed by atoms with Crippen LogP contribution in [0.4, 0.5) is 0 Å². The highest BCUT2D eigenvalue weighted by atomic mass is 79.9.